The van der Waals surface area contributed by atoms with E-state index < -0.39 is 0 Å². The Morgan fingerprint density at radius 3 is 2.50 bits per heavy atom. The number of benzene rings is 2. The number of hydrogen-bond donors (Lipinski definition) is 0. The standard InChI is InChI=1S/C24H22N4OS/c29-24(12-11-19-10-9-18-5-1-2-6-20(18)25-19)28-15-13-27(14-16-28)17-23-26-21-7-3-4-8-22(21)30-23/h1-12H,13-17H2/b12-11+. The number of carbonyl (C=O) groups is 1. The van der Waals surface area contributed by atoms with E-state index in [9.17, 15) is 4.79 Å². The van der Waals surface area contributed by atoms with Crippen LogP contribution in [0, 0.1) is 0 Å². The van der Waals surface area contributed by atoms with Gasteiger partial charge in [0.1, 0.15) is 5.01 Å². The van der Waals surface area contributed by atoms with Gasteiger partial charge in [-0.25, -0.2) is 9.97 Å². The van der Waals surface area contributed by atoms with Crippen molar-refractivity contribution in [3.8, 4) is 0 Å². The summed E-state index contributed by atoms with van der Waals surface area (Å²) in [4.78, 5) is 26.2. The van der Waals surface area contributed by atoms with E-state index in [1.807, 2.05) is 53.4 Å². The third kappa shape index (κ3) is 4.10. The summed E-state index contributed by atoms with van der Waals surface area (Å²) in [7, 11) is 0. The highest BCUT2D eigenvalue weighted by Crippen LogP contribution is 2.23. The van der Waals surface area contributed by atoms with Gasteiger partial charge in [-0.15, -0.1) is 11.3 Å². The Kier molecular flexibility index (Phi) is 5.26. The lowest BCUT2D eigenvalue weighted by Crippen LogP contribution is -2.47. The van der Waals surface area contributed by atoms with Crippen molar-refractivity contribution in [1.29, 1.82) is 0 Å². The molecule has 0 bridgehead atoms. The third-order valence-corrected chi connectivity index (χ3v) is 6.42. The molecular weight excluding hydrogens is 392 g/mol. The normalized spacial score (nSPS) is 15.4. The van der Waals surface area contributed by atoms with Crippen LogP contribution < -0.4 is 0 Å². The summed E-state index contributed by atoms with van der Waals surface area (Å²) in [5, 5.41) is 2.24. The van der Waals surface area contributed by atoms with Crippen molar-refractivity contribution >= 4 is 44.4 Å². The Morgan fingerprint density at radius 2 is 1.67 bits per heavy atom. The van der Waals surface area contributed by atoms with Crippen LogP contribution in [0.5, 0.6) is 0 Å². The van der Waals surface area contributed by atoms with Gasteiger partial charge in [0.15, 0.2) is 0 Å². The van der Waals surface area contributed by atoms with Crippen LogP contribution in [0.4, 0.5) is 0 Å². The van der Waals surface area contributed by atoms with Crippen molar-refractivity contribution in [3.05, 3.63) is 77.4 Å². The van der Waals surface area contributed by atoms with E-state index in [0.29, 0.717) is 0 Å². The number of carbonyl (C=O) groups excluding carboxylic acids is 1. The molecule has 2 aromatic heterocycles. The van der Waals surface area contributed by atoms with Gasteiger partial charge in [-0.1, -0.05) is 36.4 Å². The lowest BCUT2D eigenvalue weighted by atomic mass is 10.2. The van der Waals surface area contributed by atoms with Crippen LogP contribution in [0.2, 0.25) is 0 Å². The molecule has 0 atom stereocenters. The van der Waals surface area contributed by atoms with Gasteiger partial charge in [0.2, 0.25) is 5.91 Å². The van der Waals surface area contributed by atoms with E-state index >= 15 is 0 Å². The second-order valence-corrected chi connectivity index (χ2v) is 8.55. The van der Waals surface area contributed by atoms with Crippen molar-refractivity contribution in [2.45, 2.75) is 6.54 Å². The monoisotopic (exact) mass is 414 g/mol. The second-order valence-electron chi connectivity index (χ2n) is 7.44. The van der Waals surface area contributed by atoms with E-state index in [2.05, 4.69) is 28.1 Å². The Labute approximate surface area is 179 Å². The zero-order valence-electron chi connectivity index (χ0n) is 16.6. The molecule has 1 saturated heterocycles. The first-order valence-electron chi connectivity index (χ1n) is 10.1. The number of piperazine rings is 1. The first-order chi connectivity index (χ1) is 14.7. The van der Waals surface area contributed by atoms with Crippen LogP contribution >= 0.6 is 11.3 Å². The van der Waals surface area contributed by atoms with E-state index in [-0.39, 0.29) is 5.91 Å². The minimum atomic E-state index is 0.0459. The van der Waals surface area contributed by atoms with Gasteiger partial charge in [-0.3, -0.25) is 9.69 Å². The molecule has 1 amide bonds. The van der Waals surface area contributed by atoms with Gasteiger partial charge in [0, 0.05) is 37.6 Å². The summed E-state index contributed by atoms with van der Waals surface area (Å²) >= 11 is 1.75. The van der Waals surface area contributed by atoms with Crippen LogP contribution in [0.1, 0.15) is 10.7 Å². The molecule has 2 aromatic carbocycles. The third-order valence-electron chi connectivity index (χ3n) is 5.40. The smallest absolute Gasteiger partial charge is 0.246 e. The quantitative estimate of drug-likeness (QED) is 0.470. The van der Waals surface area contributed by atoms with Gasteiger partial charge >= 0.3 is 0 Å². The first-order valence-corrected chi connectivity index (χ1v) is 11.0. The molecule has 0 N–H and O–H groups in total. The SMILES string of the molecule is O=C(/C=C/c1ccc2ccccc2n1)N1CCN(Cc2nc3ccccc3s2)CC1. The van der Waals surface area contributed by atoms with Crippen LogP contribution in [0.15, 0.2) is 66.7 Å². The number of rotatable bonds is 4. The summed E-state index contributed by atoms with van der Waals surface area (Å²) in [5.74, 6) is 0.0459. The number of para-hydroxylation sites is 2. The molecule has 1 aliphatic rings. The number of pyridine rings is 1. The molecule has 0 spiro atoms. The lowest BCUT2D eigenvalue weighted by Gasteiger charge is -2.33. The van der Waals surface area contributed by atoms with E-state index in [1.165, 1.54) is 4.70 Å². The summed E-state index contributed by atoms with van der Waals surface area (Å²) in [6.07, 6.45) is 3.45. The molecule has 4 aromatic rings. The minimum absolute atomic E-state index is 0.0459. The molecular formula is C24H22N4OS. The van der Waals surface area contributed by atoms with Crippen LogP contribution in [-0.2, 0) is 11.3 Å². The molecule has 3 heterocycles. The largest absolute Gasteiger partial charge is 0.337 e. The van der Waals surface area contributed by atoms with E-state index in [4.69, 9.17) is 4.98 Å². The van der Waals surface area contributed by atoms with Gasteiger partial charge in [0.05, 0.1) is 28.0 Å². The molecule has 30 heavy (non-hydrogen) atoms. The fourth-order valence-electron chi connectivity index (χ4n) is 3.74. The van der Waals surface area contributed by atoms with Crippen LogP contribution in [0.25, 0.3) is 27.2 Å². The number of hydrogen-bond acceptors (Lipinski definition) is 5. The summed E-state index contributed by atoms with van der Waals surface area (Å²) < 4.78 is 1.23. The van der Waals surface area contributed by atoms with Gasteiger partial charge in [-0.05, 0) is 30.3 Å². The van der Waals surface area contributed by atoms with Crippen molar-refractivity contribution < 1.29 is 4.79 Å². The zero-order valence-corrected chi connectivity index (χ0v) is 17.4. The Bertz CT molecular complexity index is 1190. The lowest BCUT2D eigenvalue weighted by molar-refractivity contribution is -0.127. The molecule has 1 aliphatic heterocycles. The fourth-order valence-corrected chi connectivity index (χ4v) is 4.75. The van der Waals surface area contributed by atoms with Gasteiger partial charge in [0.25, 0.3) is 0 Å². The maximum atomic E-state index is 12.6. The topological polar surface area (TPSA) is 49.3 Å². The molecule has 0 aliphatic carbocycles. The summed E-state index contributed by atoms with van der Waals surface area (Å²) in [5.41, 5.74) is 2.81. The summed E-state index contributed by atoms with van der Waals surface area (Å²) in [6.45, 7) is 4.05. The first kappa shape index (κ1) is 18.9. The van der Waals surface area contributed by atoms with Gasteiger partial charge < -0.3 is 4.90 Å². The molecule has 0 unspecified atom stereocenters. The Balaban J connectivity index is 1.17. The van der Waals surface area contributed by atoms with E-state index in [1.54, 1.807) is 17.4 Å². The predicted octanol–water partition coefficient (Wildman–Crippen LogP) is 4.20. The molecule has 0 saturated carbocycles. The maximum Gasteiger partial charge on any atom is 0.246 e. The number of aromatic nitrogens is 2. The molecule has 1 fully saturated rings. The fraction of sp³-hybridized carbons (Fsp3) is 0.208. The van der Waals surface area contributed by atoms with Crippen molar-refractivity contribution in [2.75, 3.05) is 26.2 Å². The van der Waals surface area contributed by atoms with E-state index in [0.717, 1.165) is 59.8 Å². The highest BCUT2D eigenvalue weighted by molar-refractivity contribution is 7.18. The number of amides is 1. The summed E-state index contributed by atoms with van der Waals surface area (Å²) in [6, 6.07) is 20.2. The number of fused-ring (bicyclic) bond motifs is 2. The molecule has 6 heteroatoms. The highest BCUT2D eigenvalue weighted by atomic mass is 32.1. The number of thiazole rings is 1. The van der Waals surface area contributed by atoms with Crippen LogP contribution in [-0.4, -0.2) is 51.9 Å². The van der Waals surface area contributed by atoms with Gasteiger partial charge in [-0.2, -0.15) is 0 Å². The molecule has 0 radical (unpaired) electrons. The zero-order chi connectivity index (χ0) is 20.3. The Hall–Kier alpha value is -3.09. The molecule has 5 nitrogen and oxygen atoms in total. The minimum Gasteiger partial charge on any atom is -0.337 e. The second kappa shape index (κ2) is 8.34. The molecule has 150 valence electrons. The average Bonchev–Trinajstić information content (AvgIpc) is 3.20. The van der Waals surface area contributed by atoms with Crippen molar-refractivity contribution in [3.63, 3.8) is 0 Å². The maximum absolute atomic E-state index is 12.6. The Morgan fingerprint density at radius 1 is 0.900 bits per heavy atom. The number of nitrogens with zero attached hydrogens (tertiary/aromatic N) is 4. The predicted molar refractivity (Wildman–Crippen MR) is 122 cm³/mol. The average molecular weight is 415 g/mol. The van der Waals surface area contributed by atoms with Crippen molar-refractivity contribution in [1.82, 2.24) is 19.8 Å². The van der Waals surface area contributed by atoms with Crippen molar-refractivity contribution in [2.24, 2.45) is 0 Å². The molecule has 5 rings (SSSR count). The highest BCUT2D eigenvalue weighted by Gasteiger charge is 2.20. The van der Waals surface area contributed by atoms with Crippen LogP contribution in [0.3, 0.4) is 0 Å².